The monoisotopic (exact) mass is 324 g/mol. The second-order valence-electron chi connectivity index (χ2n) is 5.72. The van der Waals surface area contributed by atoms with Crippen molar-refractivity contribution in [2.45, 2.75) is 18.9 Å². The molecule has 1 aliphatic heterocycles. The summed E-state index contributed by atoms with van der Waals surface area (Å²) in [4.78, 5) is 23.1. The largest absolute Gasteiger partial charge is 0.353 e. The van der Waals surface area contributed by atoms with Gasteiger partial charge in [-0.25, -0.2) is 4.98 Å². The predicted molar refractivity (Wildman–Crippen MR) is 85.5 cm³/mol. The Kier molecular flexibility index (Phi) is 3.73. The zero-order valence-corrected chi connectivity index (χ0v) is 12.9. The molecule has 4 heterocycles. The molecule has 1 N–H and O–H groups in total. The van der Waals surface area contributed by atoms with E-state index in [1.54, 1.807) is 36.9 Å². The smallest absolute Gasteiger partial charge is 0.253 e. The topological polar surface area (TPSA) is 101 Å². The van der Waals surface area contributed by atoms with Crippen LogP contribution < -0.4 is 10.2 Å². The lowest BCUT2D eigenvalue weighted by molar-refractivity contribution is 0.0932. The van der Waals surface area contributed by atoms with Crippen LogP contribution in [-0.2, 0) is 0 Å². The summed E-state index contributed by atoms with van der Waals surface area (Å²) in [7, 11) is 0. The number of nitrogens with one attached hydrogen (secondary N) is 1. The summed E-state index contributed by atoms with van der Waals surface area (Å²) in [6.45, 7) is 1.64. The number of rotatable bonds is 3. The van der Waals surface area contributed by atoms with E-state index in [0.717, 1.165) is 31.7 Å². The van der Waals surface area contributed by atoms with Crippen LogP contribution in [0.4, 0.5) is 5.82 Å². The molecule has 9 nitrogen and oxygen atoms in total. The Hall–Kier alpha value is -3.10. The zero-order valence-electron chi connectivity index (χ0n) is 12.9. The molecule has 0 radical (unpaired) electrons. The van der Waals surface area contributed by atoms with Gasteiger partial charge in [-0.2, -0.15) is 4.52 Å². The van der Waals surface area contributed by atoms with Crippen LogP contribution in [0, 0.1) is 0 Å². The molecule has 1 aliphatic rings. The van der Waals surface area contributed by atoms with Crippen LogP contribution in [0.3, 0.4) is 0 Å². The van der Waals surface area contributed by atoms with Gasteiger partial charge in [-0.3, -0.25) is 9.78 Å². The lowest BCUT2D eigenvalue weighted by atomic mass is 10.1. The minimum atomic E-state index is -0.126. The van der Waals surface area contributed by atoms with Crippen molar-refractivity contribution in [3.63, 3.8) is 0 Å². The molecule has 24 heavy (non-hydrogen) atoms. The zero-order chi connectivity index (χ0) is 16.4. The summed E-state index contributed by atoms with van der Waals surface area (Å²) in [6.07, 6.45) is 8.65. The number of carbonyl (C=O) groups excluding carboxylic acids is 1. The van der Waals surface area contributed by atoms with E-state index >= 15 is 0 Å². The maximum atomic E-state index is 12.5. The molecule has 3 aromatic rings. The van der Waals surface area contributed by atoms with Gasteiger partial charge in [-0.05, 0) is 35.4 Å². The molecule has 1 saturated heterocycles. The fraction of sp³-hybridized carbons (Fsp3) is 0.333. The predicted octanol–water partition coefficient (Wildman–Crippen LogP) is 0.313. The van der Waals surface area contributed by atoms with Gasteiger partial charge >= 0.3 is 0 Å². The van der Waals surface area contributed by atoms with Gasteiger partial charge in [-0.15, -0.1) is 5.10 Å². The summed E-state index contributed by atoms with van der Waals surface area (Å²) >= 11 is 0. The quantitative estimate of drug-likeness (QED) is 0.740. The van der Waals surface area contributed by atoms with Crippen molar-refractivity contribution in [2.24, 2.45) is 0 Å². The highest BCUT2D eigenvalue weighted by molar-refractivity contribution is 5.94. The van der Waals surface area contributed by atoms with Gasteiger partial charge < -0.3 is 10.2 Å². The number of pyridine rings is 1. The number of tetrazole rings is 1. The van der Waals surface area contributed by atoms with Gasteiger partial charge in [0, 0.05) is 37.7 Å². The number of anilines is 1. The van der Waals surface area contributed by atoms with Crippen molar-refractivity contribution in [3.05, 3.63) is 42.5 Å². The molecule has 0 aliphatic carbocycles. The van der Waals surface area contributed by atoms with Gasteiger partial charge in [0.25, 0.3) is 5.91 Å². The van der Waals surface area contributed by atoms with Gasteiger partial charge in [0.05, 0.1) is 11.8 Å². The number of amides is 1. The molecule has 0 unspecified atom stereocenters. The van der Waals surface area contributed by atoms with Crippen molar-refractivity contribution < 1.29 is 4.79 Å². The standard InChI is InChI=1S/C15H16N8O/c24-15(11-3-4-13-19-20-21-23(13)9-11)18-12-2-1-7-22(10-12)14-8-16-5-6-17-14/h3-6,8-9,12H,1-2,7,10H2,(H,18,24)/t12-/m0/s1. The molecule has 0 spiro atoms. The third kappa shape index (κ3) is 2.87. The van der Waals surface area contributed by atoms with Crippen LogP contribution in [0.25, 0.3) is 5.65 Å². The Balaban J connectivity index is 1.45. The lowest BCUT2D eigenvalue weighted by Crippen LogP contribution is -2.48. The number of piperidine rings is 1. The normalized spacial score (nSPS) is 17.8. The Morgan fingerprint density at radius 1 is 1.29 bits per heavy atom. The maximum Gasteiger partial charge on any atom is 0.253 e. The van der Waals surface area contributed by atoms with Crippen LogP contribution in [0.2, 0.25) is 0 Å². The minimum absolute atomic E-state index is 0.0674. The number of fused-ring (bicyclic) bond motifs is 1. The van der Waals surface area contributed by atoms with E-state index < -0.39 is 0 Å². The molecule has 122 valence electrons. The van der Waals surface area contributed by atoms with Gasteiger partial charge in [0.15, 0.2) is 5.65 Å². The highest BCUT2D eigenvalue weighted by Gasteiger charge is 2.23. The number of hydrogen-bond donors (Lipinski definition) is 1. The molecule has 0 aromatic carbocycles. The fourth-order valence-corrected chi connectivity index (χ4v) is 2.90. The molecular formula is C15H16N8O. The van der Waals surface area contributed by atoms with Crippen LogP contribution in [-0.4, -0.2) is 55.0 Å². The van der Waals surface area contributed by atoms with E-state index in [9.17, 15) is 4.79 Å². The molecule has 0 saturated carbocycles. The first-order valence-electron chi connectivity index (χ1n) is 7.79. The third-order valence-corrected chi connectivity index (χ3v) is 4.08. The van der Waals surface area contributed by atoms with E-state index in [2.05, 4.69) is 35.7 Å². The van der Waals surface area contributed by atoms with Crippen molar-refractivity contribution in [1.82, 2.24) is 35.3 Å². The minimum Gasteiger partial charge on any atom is -0.353 e. The Morgan fingerprint density at radius 3 is 3.12 bits per heavy atom. The van der Waals surface area contributed by atoms with Crippen molar-refractivity contribution in [3.8, 4) is 0 Å². The maximum absolute atomic E-state index is 12.5. The van der Waals surface area contributed by atoms with E-state index in [0.29, 0.717) is 11.2 Å². The summed E-state index contributed by atoms with van der Waals surface area (Å²) in [5, 5.41) is 14.3. The Bertz CT molecular complexity index is 849. The highest BCUT2D eigenvalue weighted by atomic mass is 16.1. The van der Waals surface area contributed by atoms with Gasteiger partial charge in [-0.1, -0.05) is 0 Å². The molecular weight excluding hydrogens is 308 g/mol. The average Bonchev–Trinajstić information content (AvgIpc) is 3.10. The molecule has 0 bridgehead atoms. The molecule has 1 amide bonds. The van der Waals surface area contributed by atoms with E-state index in [4.69, 9.17) is 0 Å². The van der Waals surface area contributed by atoms with Crippen molar-refractivity contribution in [2.75, 3.05) is 18.0 Å². The first-order valence-corrected chi connectivity index (χ1v) is 7.79. The van der Waals surface area contributed by atoms with E-state index in [1.165, 1.54) is 4.52 Å². The number of aromatic nitrogens is 6. The number of hydrogen-bond acceptors (Lipinski definition) is 7. The average molecular weight is 324 g/mol. The first-order chi connectivity index (χ1) is 11.8. The molecule has 1 atom stereocenters. The summed E-state index contributed by atoms with van der Waals surface area (Å²) < 4.78 is 1.49. The summed E-state index contributed by atoms with van der Waals surface area (Å²) in [5.41, 5.74) is 1.14. The van der Waals surface area contributed by atoms with Crippen LogP contribution in [0.5, 0.6) is 0 Å². The second-order valence-corrected chi connectivity index (χ2v) is 5.72. The van der Waals surface area contributed by atoms with Crippen molar-refractivity contribution >= 4 is 17.4 Å². The lowest BCUT2D eigenvalue weighted by Gasteiger charge is -2.33. The Morgan fingerprint density at radius 2 is 2.25 bits per heavy atom. The fourth-order valence-electron chi connectivity index (χ4n) is 2.90. The third-order valence-electron chi connectivity index (χ3n) is 4.08. The van der Waals surface area contributed by atoms with E-state index in [1.807, 2.05) is 0 Å². The Labute approximate surface area is 137 Å². The molecule has 1 fully saturated rings. The summed E-state index contributed by atoms with van der Waals surface area (Å²) in [5.74, 6) is 0.713. The van der Waals surface area contributed by atoms with Gasteiger partial charge in [0.1, 0.15) is 5.82 Å². The summed E-state index contributed by atoms with van der Waals surface area (Å²) in [6, 6.07) is 3.52. The highest BCUT2D eigenvalue weighted by Crippen LogP contribution is 2.17. The van der Waals surface area contributed by atoms with E-state index in [-0.39, 0.29) is 11.9 Å². The molecule has 9 heteroatoms. The van der Waals surface area contributed by atoms with Gasteiger partial charge in [0.2, 0.25) is 0 Å². The molecule has 4 rings (SSSR count). The van der Waals surface area contributed by atoms with Crippen LogP contribution in [0.1, 0.15) is 23.2 Å². The molecule has 3 aromatic heterocycles. The number of carbonyl (C=O) groups is 1. The van der Waals surface area contributed by atoms with Crippen LogP contribution >= 0.6 is 0 Å². The SMILES string of the molecule is O=C(N[C@H]1CCCN(c2cnccn2)C1)c1ccc2nnnn2c1. The number of nitrogens with zero attached hydrogens (tertiary/aromatic N) is 7. The first kappa shape index (κ1) is 14.5. The van der Waals surface area contributed by atoms with Crippen LogP contribution in [0.15, 0.2) is 36.9 Å². The second kappa shape index (κ2) is 6.19. The van der Waals surface area contributed by atoms with Crippen molar-refractivity contribution in [1.29, 1.82) is 0 Å².